The fourth-order valence-electron chi connectivity index (χ4n) is 3.69. The molecule has 0 amide bonds. The molecule has 1 aromatic rings. The second kappa shape index (κ2) is 5.08. The quantitative estimate of drug-likeness (QED) is 0.915. The van der Waals surface area contributed by atoms with E-state index in [-0.39, 0.29) is 0 Å². The van der Waals surface area contributed by atoms with E-state index in [2.05, 4.69) is 30.9 Å². The van der Waals surface area contributed by atoms with Crippen molar-refractivity contribution < 1.29 is 4.52 Å². The molecule has 0 spiro atoms. The van der Waals surface area contributed by atoms with Gasteiger partial charge in [0.25, 0.3) is 0 Å². The van der Waals surface area contributed by atoms with Crippen molar-refractivity contribution in [3.63, 3.8) is 0 Å². The van der Waals surface area contributed by atoms with Gasteiger partial charge in [-0.2, -0.15) is 4.98 Å². The predicted octanol–water partition coefficient (Wildman–Crippen LogP) is 3.97. The monoisotopic (exact) mass is 291 g/mol. The van der Waals surface area contributed by atoms with Crippen molar-refractivity contribution >= 4 is 0 Å². The topological polar surface area (TPSA) is 64.9 Å². The van der Waals surface area contributed by atoms with Crippen molar-refractivity contribution in [2.45, 2.75) is 77.7 Å². The Kier molecular flexibility index (Phi) is 3.63. The number of rotatable bonds is 3. The van der Waals surface area contributed by atoms with Gasteiger partial charge in [0.2, 0.25) is 5.89 Å². The van der Waals surface area contributed by atoms with Crippen molar-refractivity contribution in [2.24, 2.45) is 23.0 Å². The minimum atomic E-state index is -0.437. The van der Waals surface area contributed by atoms with Gasteiger partial charge < -0.3 is 10.3 Å². The van der Waals surface area contributed by atoms with Crippen LogP contribution in [-0.4, -0.2) is 10.1 Å². The van der Waals surface area contributed by atoms with Gasteiger partial charge in [-0.15, -0.1) is 0 Å². The van der Waals surface area contributed by atoms with E-state index in [1.54, 1.807) is 0 Å². The molecule has 2 N–H and O–H groups in total. The van der Waals surface area contributed by atoms with E-state index >= 15 is 0 Å². The molecule has 2 fully saturated rings. The average molecular weight is 291 g/mol. The molecule has 2 aliphatic carbocycles. The molecule has 21 heavy (non-hydrogen) atoms. The molecule has 1 aromatic heterocycles. The summed E-state index contributed by atoms with van der Waals surface area (Å²) in [5.41, 5.74) is 6.34. The van der Waals surface area contributed by atoms with Crippen LogP contribution in [0.2, 0.25) is 0 Å². The first-order valence-corrected chi connectivity index (χ1v) is 8.41. The normalized spacial score (nSPS) is 30.1. The molecular formula is C17H29N3O. The van der Waals surface area contributed by atoms with Crippen LogP contribution < -0.4 is 5.73 Å². The second-order valence-electron chi connectivity index (χ2n) is 8.43. The van der Waals surface area contributed by atoms with E-state index in [1.165, 1.54) is 38.5 Å². The van der Waals surface area contributed by atoms with Gasteiger partial charge >= 0.3 is 0 Å². The molecule has 2 aliphatic rings. The maximum atomic E-state index is 6.37. The van der Waals surface area contributed by atoms with Crippen LogP contribution in [0.3, 0.4) is 0 Å². The largest absolute Gasteiger partial charge is 0.337 e. The van der Waals surface area contributed by atoms with E-state index in [4.69, 9.17) is 10.3 Å². The van der Waals surface area contributed by atoms with Crippen LogP contribution >= 0.6 is 0 Å². The third kappa shape index (κ3) is 3.01. The van der Waals surface area contributed by atoms with Gasteiger partial charge in [-0.25, -0.2) is 0 Å². The Morgan fingerprint density at radius 3 is 2.05 bits per heavy atom. The van der Waals surface area contributed by atoms with E-state index in [1.807, 2.05) is 6.92 Å². The number of nitrogens with zero attached hydrogens (tertiary/aromatic N) is 2. The molecule has 0 aromatic carbocycles. The lowest BCUT2D eigenvalue weighted by Crippen LogP contribution is -2.35. The van der Waals surface area contributed by atoms with E-state index in [9.17, 15) is 0 Å². The number of nitrogens with two attached hydrogens (primary N) is 1. The van der Waals surface area contributed by atoms with Gasteiger partial charge in [0, 0.05) is 5.92 Å². The minimum Gasteiger partial charge on any atom is -0.337 e. The summed E-state index contributed by atoms with van der Waals surface area (Å²) >= 11 is 0. The summed E-state index contributed by atoms with van der Waals surface area (Å²) in [6.07, 6.45) is 7.24. The SMILES string of the molecule is CC(C)(C)C1CCC(c2noc(C(C)(N)C3CC3)n2)CC1. The third-order valence-electron chi connectivity index (χ3n) is 5.65. The van der Waals surface area contributed by atoms with Crippen molar-refractivity contribution in [3.05, 3.63) is 11.7 Å². The number of aromatic nitrogens is 2. The molecule has 4 heteroatoms. The van der Waals surface area contributed by atoms with Crippen LogP contribution in [0.1, 0.15) is 83.9 Å². The molecule has 1 atom stereocenters. The third-order valence-corrected chi connectivity index (χ3v) is 5.65. The summed E-state index contributed by atoms with van der Waals surface area (Å²) in [6, 6.07) is 0. The maximum absolute atomic E-state index is 6.37. The fraction of sp³-hybridized carbons (Fsp3) is 0.882. The van der Waals surface area contributed by atoms with Crippen molar-refractivity contribution in [3.8, 4) is 0 Å². The van der Waals surface area contributed by atoms with Crippen LogP contribution in [0.15, 0.2) is 4.52 Å². The molecule has 0 radical (unpaired) electrons. The highest BCUT2D eigenvalue weighted by molar-refractivity contribution is 5.09. The molecule has 0 bridgehead atoms. The second-order valence-corrected chi connectivity index (χ2v) is 8.43. The van der Waals surface area contributed by atoms with Crippen LogP contribution in [0, 0.1) is 17.3 Å². The van der Waals surface area contributed by atoms with Crippen molar-refractivity contribution in [2.75, 3.05) is 0 Å². The van der Waals surface area contributed by atoms with Crippen LogP contribution in [0.5, 0.6) is 0 Å². The Morgan fingerprint density at radius 2 is 1.52 bits per heavy atom. The minimum absolute atomic E-state index is 0.412. The van der Waals surface area contributed by atoms with E-state index < -0.39 is 5.54 Å². The molecule has 3 rings (SSSR count). The maximum Gasteiger partial charge on any atom is 0.246 e. The summed E-state index contributed by atoms with van der Waals surface area (Å²) in [5, 5.41) is 4.24. The van der Waals surface area contributed by atoms with Crippen LogP contribution in [0.4, 0.5) is 0 Å². The van der Waals surface area contributed by atoms with Gasteiger partial charge in [0.1, 0.15) is 0 Å². The molecule has 1 unspecified atom stereocenters. The van der Waals surface area contributed by atoms with Crippen LogP contribution in [0.25, 0.3) is 0 Å². The molecule has 0 aliphatic heterocycles. The van der Waals surface area contributed by atoms with Gasteiger partial charge in [-0.1, -0.05) is 25.9 Å². The lowest BCUT2D eigenvalue weighted by atomic mass is 9.70. The first kappa shape index (κ1) is 15.0. The van der Waals surface area contributed by atoms with E-state index in [0.717, 1.165) is 11.7 Å². The zero-order chi connectivity index (χ0) is 15.3. The zero-order valence-corrected chi connectivity index (χ0v) is 13.9. The first-order valence-electron chi connectivity index (χ1n) is 8.41. The number of hydrogen-bond acceptors (Lipinski definition) is 4. The molecular weight excluding hydrogens is 262 g/mol. The van der Waals surface area contributed by atoms with Crippen molar-refractivity contribution in [1.29, 1.82) is 0 Å². The number of hydrogen-bond donors (Lipinski definition) is 1. The lowest BCUT2D eigenvalue weighted by molar-refractivity contribution is 0.166. The van der Waals surface area contributed by atoms with Gasteiger partial charge in [-0.3, -0.25) is 0 Å². The smallest absolute Gasteiger partial charge is 0.246 e. The Hall–Kier alpha value is -0.900. The molecule has 2 saturated carbocycles. The highest BCUT2D eigenvalue weighted by atomic mass is 16.5. The van der Waals surface area contributed by atoms with Crippen molar-refractivity contribution in [1.82, 2.24) is 10.1 Å². The Labute approximate surface area is 127 Å². The molecule has 4 nitrogen and oxygen atoms in total. The molecule has 0 saturated heterocycles. The lowest BCUT2D eigenvalue weighted by Gasteiger charge is -2.36. The summed E-state index contributed by atoms with van der Waals surface area (Å²) in [4.78, 5) is 4.65. The standard InChI is InChI=1S/C17H29N3O/c1-16(2,3)12-7-5-11(6-8-12)14-19-15(21-20-14)17(4,18)13-9-10-13/h11-13H,5-10,18H2,1-4H3. The summed E-state index contributed by atoms with van der Waals surface area (Å²) < 4.78 is 5.49. The average Bonchev–Trinajstić information content (AvgIpc) is 3.16. The zero-order valence-electron chi connectivity index (χ0n) is 13.9. The fourth-order valence-corrected chi connectivity index (χ4v) is 3.69. The highest BCUT2D eigenvalue weighted by Crippen LogP contribution is 2.45. The Balaban J connectivity index is 1.65. The Bertz CT molecular complexity index is 488. The van der Waals surface area contributed by atoms with E-state index in [0.29, 0.717) is 23.1 Å². The molecule has 1 heterocycles. The van der Waals surface area contributed by atoms with Crippen LogP contribution in [-0.2, 0) is 5.54 Å². The van der Waals surface area contributed by atoms with Gasteiger partial charge in [0.15, 0.2) is 5.82 Å². The summed E-state index contributed by atoms with van der Waals surface area (Å²) in [7, 11) is 0. The Morgan fingerprint density at radius 1 is 0.952 bits per heavy atom. The summed E-state index contributed by atoms with van der Waals surface area (Å²) in [5.74, 6) is 3.30. The molecule has 118 valence electrons. The first-order chi connectivity index (χ1) is 9.78. The highest BCUT2D eigenvalue weighted by Gasteiger charge is 2.44. The predicted molar refractivity (Wildman–Crippen MR) is 82.7 cm³/mol. The van der Waals surface area contributed by atoms with Gasteiger partial charge in [-0.05, 0) is 62.7 Å². The van der Waals surface area contributed by atoms with Gasteiger partial charge in [0.05, 0.1) is 5.54 Å². The summed E-state index contributed by atoms with van der Waals surface area (Å²) in [6.45, 7) is 9.07.